The van der Waals surface area contributed by atoms with Gasteiger partial charge in [-0.25, -0.2) is 0 Å². The zero-order chi connectivity index (χ0) is 20.6. The minimum atomic E-state index is -0.529. The van der Waals surface area contributed by atoms with Crippen LogP contribution in [0, 0.1) is 11.3 Å². The number of anilines is 1. The van der Waals surface area contributed by atoms with Gasteiger partial charge in [-0.15, -0.1) is 0 Å². The molecule has 1 aliphatic heterocycles. The summed E-state index contributed by atoms with van der Waals surface area (Å²) >= 11 is 0. The number of nitrogens with zero attached hydrogens (tertiary/aromatic N) is 1. The summed E-state index contributed by atoms with van der Waals surface area (Å²) in [5.74, 6) is 0.613. The molecule has 5 nitrogen and oxygen atoms in total. The second kappa shape index (κ2) is 7.23. The average Bonchev–Trinajstić information content (AvgIpc) is 3.39. The molecule has 0 aromatic heterocycles. The molecular formula is C25H20N2O3. The highest BCUT2D eigenvalue weighted by molar-refractivity contribution is 6.09. The number of rotatable bonds is 3. The second-order valence-electron chi connectivity index (χ2n) is 7.64. The predicted octanol–water partition coefficient (Wildman–Crippen LogP) is 5.52. The highest BCUT2D eigenvalue weighted by Crippen LogP contribution is 2.47. The van der Waals surface area contributed by atoms with Gasteiger partial charge >= 0.3 is 0 Å². The van der Waals surface area contributed by atoms with E-state index in [1.54, 1.807) is 12.1 Å². The Morgan fingerprint density at radius 1 is 0.900 bits per heavy atom. The maximum atomic E-state index is 13.1. The molecule has 3 aromatic carbocycles. The van der Waals surface area contributed by atoms with Crippen LogP contribution in [0.25, 0.3) is 11.1 Å². The number of ether oxygens (including phenoxy) is 2. The van der Waals surface area contributed by atoms with E-state index in [9.17, 15) is 10.1 Å². The Bertz CT molecular complexity index is 1170. The van der Waals surface area contributed by atoms with Gasteiger partial charge in [0.25, 0.3) is 11.7 Å². The lowest BCUT2D eigenvalue weighted by molar-refractivity contribution is -0.0716. The Kier molecular flexibility index (Phi) is 4.40. The molecule has 2 aliphatic rings. The number of amides is 1. The number of nitrogens with one attached hydrogen (secondary N) is 1. The molecule has 0 bridgehead atoms. The molecule has 0 radical (unpaired) electrons. The van der Waals surface area contributed by atoms with Crippen LogP contribution < -0.4 is 14.8 Å². The summed E-state index contributed by atoms with van der Waals surface area (Å²) in [5, 5.41) is 12.4. The Morgan fingerprint density at radius 2 is 1.60 bits per heavy atom. The van der Waals surface area contributed by atoms with Gasteiger partial charge in [0.05, 0.1) is 11.6 Å². The highest BCUT2D eigenvalue weighted by atomic mass is 16.7. The average molecular weight is 396 g/mol. The van der Waals surface area contributed by atoms with Gasteiger partial charge in [-0.1, -0.05) is 36.4 Å². The number of carbonyl (C=O) groups excluding carboxylic acids is 1. The summed E-state index contributed by atoms with van der Waals surface area (Å²) in [6.45, 7) is 0. The van der Waals surface area contributed by atoms with Gasteiger partial charge in [0.2, 0.25) is 0 Å². The molecule has 5 heteroatoms. The topological polar surface area (TPSA) is 71.4 Å². The Balaban J connectivity index is 1.42. The smallest absolute Gasteiger partial charge is 0.256 e. The fourth-order valence-electron chi connectivity index (χ4n) is 4.22. The van der Waals surface area contributed by atoms with Crippen LogP contribution in [0.2, 0.25) is 0 Å². The summed E-state index contributed by atoms with van der Waals surface area (Å²) in [7, 11) is 0. The van der Waals surface area contributed by atoms with Crippen molar-refractivity contribution in [2.75, 3.05) is 5.32 Å². The number of nitriles is 1. The Morgan fingerprint density at radius 3 is 2.40 bits per heavy atom. The second-order valence-corrected chi connectivity index (χ2v) is 7.64. The van der Waals surface area contributed by atoms with E-state index in [2.05, 4.69) is 11.4 Å². The van der Waals surface area contributed by atoms with Crippen molar-refractivity contribution in [2.45, 2.75) is 31.5 Å². The van der Waals surface area contributed by atoms with E-state index in [1.165, 1.54) is 0 Å². The van der Waals surface area contributed by atoms with Gasteiger partial charge in [0.15, 0.2) is 11.5 Å². The molecule has 1 amide bonds. The molecule has 1 aliphatic carbocycles. The van der Waals surface area contributed by atoms with Crippen LogP contribution in [0.4, 0.5) is 5.69 Å². The fourth-order valence-corrected chi connectivity index (χ4v) is 4.22. The molecule has 0 saturated heterocycles. The minimum Gasteiger partial charge on any atom is -0.448 e. The SMILES string of the molecule is N#Cc1ccccc1-c1ccccc1C(=O)Nc1ccc2c(c1)OC1(CCCC1)O2. The molecule has 148 valence electrons. The van der Waals surface area contributed by atoms with Crippen molar-refractivity contribution >= 4 is 11.6 Å². The lowest BCUT2D eigenvalue weighted by Crippen LogP contribution is -2.34. The fraction of sp³-hybridized carbons (Fsp3) is 0.200. The maximum absolute atomic E-state index is 13.1. The van der Waals surface area contributed by atoms with Gasteiger partial charge < -0.3 is 14.8 Å². The molecular weight excluding hydrogens is 376 g/mol. The third-order valence-electron chi connectivity index (χ3n) is 5.67. The maximum Gasteiger partial charge on any atom is 0.256 e. The standard InChI is InChI=1S/C25H20N2O3/c26-16-17-7-1-2-8-19(17)20-9-3-4-10-21(20)24(28)27-18-11-12-22-23(15-18)30-25(29-22)13-5-6-14-25/h1-4,7-12,15H,5-6,13-14H2,(H,27,28). The molecule has 1 heterocycles. The van der Waals surface area contributed by atoms with Crippen LogP contribution in [0.1, 0.15) is 41.6 Å². The van der Waals surface area contributed by atoms with Crippen molar-refractivity contribution in [1.82, 2.24) is 0 Å². The van der Waals surface area contributed by atoms with Gasteiger partial charge in [-0.05, 0) is 42.7 Å². The molecule has 3 aromatic rings. The van der Waals surface area contributed by atoms with Gasteiger partial charge in [-0.3, -0.25) is 4.79 Å². The number of fused-ring (bicyclic) bond motifs is 1. The largest absolute Gasteiger partial charge is 0.448 e. The third-order valence-corrected chi connectivity index (χ3v) is 5.67. The molecule has 30 heavy (non-hydrogen) atoms. The number of hydrogen-bond acceptors (Lipinski definition) is 4. The van der Waals surface area contributed by atoms with Crippen LogP contribution in [0.3, 0.4) is 0 Å². The summed E-state index contributed by atoms with van der Waals surface area (Å²) in [4.78, 5) is 13.1. The molecule has 1 N–H and O–H groups in total. The van der Waals surface area contributed by atoms with Crippen LogP contribution in [0.15, 0.2) is 66.7 Å². The van der Waals surface area contributed by atoms with Crippen LogP contribution in [-0.4, -0.2) is 11.7 Å². The lowest BCUT2D eigenvalue weighted by Gasteiger charge is -2.21. The third kappa shape index (κ3) is 3.17. The van der Waals surface area contributed by atoms with Gasteiger partial charge in [0, 0.05) is 35.7 Å². The summed E-state index contributed by atoms with van der Waals surface area (Å²) in [5.41, 5.74) is 3.13. The van der Waals surface area contributed by atoms with Crippen LogP contribution >= 0.6 is 0 Å². The predicted molar refractivity (Wildman–Crippen MR) is 113 cm³/mol. The van der Waals surface area contributed by atoms with Crippen molar-refractivity contribution in [2.24, 2.45) is 0 Å². The van der Waals surface area contributed by atoms with Crippen molar-refractivity contribution < 1.29 is 14.3 Å². The molecule has 5 rings (SSSR count). The normalized spacial score (nSPS) is 15.7. The molecule has 1 saturated carbocycles. The first-order chi connectivity index (χ1) is 14.7. The first-order valence-electron chi connectivity index (χ1n) is 10.1. The summed E-state index contributed by atoms with van der Waals surface area (Å²) < 4.78 is 12.1. The molecule has 1 spiro atoms. The Hall–Kier alpha value is -3.78. The van der Waals surface area contributed by atoms with Gasteiger partial charge in [-0.2, -0.15) is 5.26 Å². The Labute approximate surface area is 174 Å². The van der Waals surface area contributed by atoms with E-state index in [4.69, 9.17) is 9.47 Å². The quantitative estimate of drug-likeness (QED) is 0.633. The van der Waals surface area contributed by atoms with E-state index >= 15 is 0 Å². The minimum absolute atomic E-state index is 0.243. The van der Waals surface area contributed by atoms with Crippen molar-refractivity contribution in [1.29, 1.82) is 5.26 Å². The highest BCUT2D eigenvalue weighted by Gasteiger charge is 2.44. The summed E-state index contributed by atoms with van der Waals surface area (Å²) in [6, 6.07) is 22.3. The number of benzene rings is 3. The zero-order valence-electron chi connectivity index (χ0n) is 16.4. The number of hydrogen-bond donors (Lipinski definition) is 1. The van der Waals surface area contributed by atoms with Crippen molar-refractivity contribution in [3.8, 4) is 28.7 Å². The van der Waals surface area contributed by atoms with Gasteiger partial charge in [0.1, 0.15) is 0 Å². The first-order valence-corrected chi connectivity index (χ1v) is 10.1. The van der Waals surface area contributed by atoms with Crippen molar-refractivity contribution in [3.63, 3.8) is 0 Å². The summed E-state index contributed by atoms with van der Waals surface area (Å²) in [6.07, 6.45) is 3.96. The molecule has 0 atom stereocenters. The number of carbonyl (C=O) groups is 1. The van der Waals surface area contributed by atoms with Crippen LogP contribution in [-0.2, 0) is 0 Å². The lowest BCUT2D eigenvalue weighted by atomic mass is 9.95. The van der Waals surface area contributed by atoms with E-state index in [-0.39, 0.29) is 5.91 Å². The first kappa shape index (κ1) is 18.3. The zero-order valence-corrected chi connectivity index (χ0v) is 16.4. The van der Waals surface area contributed by atoms with E-state index in [1.807, 2.05) is 54.6 Å². The molecule has 1 fully saturated rings. The monoisotopic (exact) mass is 396 g/mol. The van der Waals surface area contributed by atoms with E-state index in [0.717, 1.165) is 42.6 Å². The molecule has 0 unspecified atom stereocenters. The van der Waals surface area contributed by atoms with E-state index < -0.39 is 5.79 Å². The van der Waals surface area contributed by atoms with E-state index in [0.29, 0.717) is 22.6 Å². The van der Waals surface area contributed by atoms with Crippen molar-refractivity contribution in [3.05, 3.63) is 77.9 Å². The van der Waals surface area contributed by atoms with Crippen LogP contribution in [0.5, 0.6) is 11.5 Å².